The molecular formula is C12H10N2O2. The number of imidazole rings is 1. The molecule has 0 N–H and O–H groups in total. The molecule has 4 nitrogen and oxygen atoms in total. The maximum Gasteiger partial charge on any atom is 0.353 e. The molecule has 0 aliphatic carbocycles. The minimum Gasteiger partial charge on any atom is -0.461 e. The molecule has 80 valence electrons. The van der Waals surface area contributed by atoms with E-state index in [-0.39, 0.29) is 5.69 Å². The third kappa shape index (κ3) is 1.10. The lowest BCUT2D eigenvalue weighted by Gasteiger charge is -2.06. The zero-order chi connectivity index (χ0) is 11.1. The van der Waals surface area contributed by atoms with Crippen molar-refractivity contribution >= 4 is 11.1 Å². The lowest BCUT2D eigenvalue weighted by Crippen LogP contribution is -2.14. The number of rotatable bonds is 1. The third-order valence-electron chi connectivity index (χ3n) is 2.70. The summed E-state index contributed by atoms with van der Waals surface area (Å²) in [5.74, 6) is 0. The van der Waals surface area contributed by atoms with Crippen LogP contribution >= 0.6 is 0 Å². The molecule has 0 atom stereocenters. The Bertz CT molecular complexity index is 681. The van der Waals surface area contributed by atoms with Crippen molar-refractivity contribution in [1.82, 2.24) is 9.55 Å². The molecule has 2 aliphatic heterocycles. The van der Waals surface area contributed by atoms with Gasteiger partial charge in [-0.25, -0.2) is 4.79 Å². The first-order valence-corrected chi connectivity index (χ1v) is 5.19. The van der Waals surface area contributed by atoms with Crippen LogP contribution in [0.4, 0.5) is 0 Å². The topological polar surface area (TPSA) is 48.0 Å². The minimum atomic E-state index is -0.237. The predicted molar refractivity (Wildman–Crippen MR) is 60.2 cm³/mol. The lowest BCUT2D eigenvalue weighted by molar-refractivity contribution is 0.591. The summed E-state index contributed by atoms with van der Waals surface area (Å²) in [7, 11) is 0. The van der Waals surface area contributed by atoms with Gasteiger partial charge in [-0.2, -0.15) is 4.98 Å². The molecular weight excluding hydrogens is 204 g/mol. The summed E-state index contributed by atoms with van der Waals surface area (Å²) in [6.07, 6.45) is 2.31. The fourth-order valence-corrected chi connectivity index (χ4v) is 1.93. The van der Waals surface area contributed by atoms with E-state index in [4.69, 9.17) is 4.42 Å². The second kappa shape index (κ2) is 3.20. The molecule has 2 aliphatic rings. The summed E-state index contributed by atoms with van der Waals surface area (Å²) < 4.78 is 7.08. The molecule has 0 fully saturated rings. The van der Waals surface area contributed by atoms with E-state index in [1.165, 1.54) is 0 Å². The minimum absolute atomic E-state index is 0.237. The first kappa shape index (κ1) is 9.15. The van der Waals surface area contributed by atoms with Gasteiger partial charge in [-0.3, -0.25) is 4.57 Å². The van der Waals surface area contributed by atoms with E-state index >= 15 is 0 Å². The maximum atomic E-state index is 11.8. The monoisotopic (exact) mass is 214 g/mol. The van der Waals surface area contributed by atoms with E-state index < -0.39 is 0 Å². The zero-order valence-electron chi connectivity index (χ0n) is 8.80. The van der Waals surface area contributed by atoms with E-state index in [9.17, 15) is 4.79 Å². The van der Waals surface area contributed by atoms with Crippen LogP contribution in [0.2, 0.25) is 0 Å². The number of aromatic nitrogens is 2. The number of nitrogens with zero attached hydrogens (tertiary/aromatic N) is 2. The van der Waals surface area contributed by atoms with E-state index in [1.54, 1.807) is 10.8 Å². The molecule has 0 saturated carbocycles. The summed E-state index contributed by atoms with van der Waals surface area (Å²) in [5, 5.41) is 0. The van der Waals surface area contributed by atoms with E-state index in [0.29, 0.717) is 5.58 Å². The second-order valence-electron chi connectivity index (χ2n) is 3.62. The maximum absolute atomic E-state index is 11.8. The highest BCUT2D eigenvalue weighted by molar-refractivity contribution is 5.75. The Hall–Kier alpha value is -2.10. The van der Waals surface area contributed by atoms with Crippen molar-refractivity contribution in [2.24, 2.45) is 0 Å². The molecule has 2 heterocycles. The first-order chi connectivity index (χ1) is 7.81. The smallest absolute Gasteiger partial charge is 0.353 e. The van der Waals surface area contributed by atoms with E-state index in [0.717, 1.165) is 23.3 Å². The fourth-order valence-electron chi connectivity index (χ4n) is 1.93. The number of aryl methyl sites for hydroxylation is 1. The van der Waals surface area contributed by atoms with Crippen LogP contribution in [0.3, 0.4) is 0 Å². The van der Waals surface area contributed by atoms with Crippen LogP contribution in [0.5, 0.6) is 0 Å². The number of hydrogen-bond acceptors (Lipinski definition) is 3. The van der Waals surface area contributed by atoms with Gasteiger partial charge < -0.3 is 4.42 Å². The van der Waals surface area contributed by atoms with E-state index in [1.807, 2.05) is 31.2 Å². The molecule has 3 rings (SSSR count). The van der Waals surface area contributed by atoms with Crippen molar-refractivity contribution in [3.63, 3.8) is 0 Å². The van der Waals surface area contributed by atoms with Gasteiger partial charge in [-0.1, -0.05) is 19.1 Å². The Morgan fingerprint density at radius 3 is 3.00 bits per heavy atom. The lowest BCUT2D eigenvalue weighted by atomic mass is 10.2. The van der Waals surface area contributed by atoms with Gasteiger partial charge in [0.15, 0.2) is 5.58 Å². The Morgan fingerprint density at radius 1 is 1.38 bits per heavy atom. The summed E-state index contributed by atoms with van der Waals surface area (Å²) in [5.41, 5.74) is 2.74. The van der Waals surface area contributed by atoms with E-state index in [2.05, 4.69) is 4.98 Å². The van der Waals surface area contributed by atoms with Crippen molar-refractivity contribution in [2.45, 2.75) is 13.3 Å². The van der Waals surface area contributed by atoms with Crippen LogP contribution in [-0.2, 0) is 6.42 Å². The quantitative estimate of drug-likeness (QED) is 0.622. The van der Waals surface area contributed by atoms with Crippen LogP contribution in [0.15, 0.2) is 39.7 Å². The highest BCUT2D eigenvalue weighted by Crippen LogP contribution is 2.21. The van der Waals surface area contributed by atoms with Gasteiger partial charge >= 0.3 is 5.69 Å². The Kier molecular flexibility index (Phi) is 1.83. The van der Waals surface area contributed by atoms with Crippen LogP contribution in [0.25, 0.3) is 16.8 Å². The normalized spacial score (nSPS) is 11.3. The number of benzene rings is 1. The Morgan fingerprint density at radius 2 is 2.19 bits per heavy atom. The molecule has 4 heteroatoms. The molecule has 0 amide bonds. The van der Waals surface area contributed by atoms with Gasteiger partial charge in [-0.15, -0.1) is 0 Å². The van der Waals surface area contributed by atoms with Crippen LogP contribution in [0, 0.1) is 0 Å². The summed E-state index contributed by atoms with van der Waals surface area (Å²) in [6, 6.07) is 7.44. The van der Waals surface area contributed by atoms with Gasteiger partial charge in [-0.05, 0) is 18.6 Å². The molecule has 0 aromatic heterocycles. The second-order valence-corrected chi connectivity index (χ2v) is 3.62. The third-order valence-corrected chi connectivity index (χ3v) is 2.70. The Balaban J connectivity index is 2.52. The Labute approximate surface area is 91.5 Å². The average Bonchev–Trinajstić information content (AvgIpc) is 2.66. The SMILES string of the molecule is CCc1nc(=O)n2c3ccccc3occ1-2. The standard InChI is InChI=1S/C12H10N2O2/c1-2-8-10-7-16-11-6-4-3-5-9(11)14(10)12(15)13-8/h3-7H,2H2,1H3. The van der Waals surface area contributed by atoms with Gasteiger partial charge in [0.05, 0.1) is 11.2 Å². The number of hydrogen-bond donors (Lipinski definition) is 0. The summed E-state index contributed by atoms with van der Waals surface area (Å²) >= 11 is 0. The molecule has 1 aromatic carbocycles. The highest BCUT2D eigenvalue weighted by atomic mass is 16.3. The first-order valence-electron chi connectivity index (χ1n) is 5.19. The van der Waals surface area contributed by atoms with Gasteiger partial charge in [0.1, 0.15) is 12.0 Å². The van der Waals surface area contributed by atoms with Crippen LogP contribution in [0.1, 0.15) is 12.6 Å². The van der Waals surface area contributed by atoms with Crippen molar-refractivity contribution in [3.05, 3.63) is 46.7 Å². The van der Waals surface area contributed by atoms with Crippen molar-refractivity contribution in [3.8, 4) is 5.69 Å². The zero-order valence-corrected chi connectivity index (χ0v) is 8.80. The highest BCUT2D eigenvalue weighted by Gasteiger charge is 2.16. The van der Waals surface area contributed by atoms with Crippen LogP contribution < -0.4 is 5.69 Å². The van der Waals surface area contributed by atoms with Crippen molar-refractivity contribution in [2.75, 3.05) is 0 Å². The predicted octanol–water partition coefficient (Wildman–Crippen LogP) is 1.98. The molecule has 0 unspecified atom stereocenters. The molecule has 0 radical (unpaired) electrons. The van der Waals surface area contributed by atoms with Gasteiger partial charge in [0, 0.05) is 0 Å². The van der Waals surface area contributed by atoms with Crippen LogP contribution in [-0.4, -0.2) is 9.55 Å². The van der Waals surface area contributed by atoms with Crippen molar-refractivity contribution < 1.29 is 4.42 Å². The largest absolute Gasteiger partial charge is 0.461 e. The molecule has 0 saturated heterocycles. The fraction of sp³-hybridized carbons (Fsp3) is 0.167. The summed E-state index contributed by atoms with van der Waals surface area (Å²) in [4.78, 5) is 15.8. The summed E-state index contributed by atoms with van der Waals surface area (Å²) in [6.45, 7) is 1.97. The molecule has 16 heavy (non-hydrogen) atoms. The molecule has 1 aromatic rings. The van der Waals surface area contributed by atoms with Crippen molar-refractivity contribution in [1.29, 1.82) is 0 Å². The number of para-hydroxylation sites is 2. The van der Waals surface area contributed by atoms with Gasteiger partial charge in [0.2, 0.25) is 0 Å². The van der Waals surface area contributed by atoms with Gasteiger partial charge in [0.25, 0.3) is 0 Å². The molecule has 0 spiro atoms. The molecule has 0 bridgehead atoms. The average molecular weight is 214 g/mol. The number of fused-ring (bicyclic) bond motifs is 3.